The molecular weight excluding hydrogens is 352 g/mol. The molecule has 0 aliphatic carbocycles. The van der Waals surface area contributed by atoms with E-state index in [1.165, 1.54) is 30.3 Å². The average Bonchev–Trinajstić information content (AvgIpc) is 2.67. The Hall–Kier alpha value is -2.96. The van der Waals surface area contributed by atoms with Crippen molar-refractivity contribution in [2.45, 2.75) is 18.5 Å². The van der Waals surface area contributed by atoms with E-state index in [1.54, 1.807) is 17.0 Å². The molecule has 2 aromatic rings. The average molecular weight is 371 g/mol. The second-order valence-electron chi connectivity index (χ2n) is 6.98. The normalized spacial score (nSPS) is 18.3. The van der Waals surface area contributed by atoms with Crippen LogP contribution in [0.25, 0.3) is 0 Å². The first-order valence-electron chi connectivity index (χ1n) is 8.81. The van der Waals surface area contributed by atoms with Gasteiger partial charge in [0.15, 0.2) is 0 Å². The molecule has 2 aromatic carbocycles. The van der Waals surface area contributed by atoms with Gasteiger partial charge in [-0.1, -0.05) is 12.1 Å². The maximum Gasteiger partial charge on any atom is 0.256 e. The van der Waals surface area contributed by atoms with Crippen LogP contribution in [0, 0.1) is 11.6 Å². The van der Waals surface area contributed by atoms with Crippen LogP contribution in [0.2, 0.25) is 0 Å². The highest BCUT2D eigenvalue weighted by atomic mass is 19.1. The first-order chi connectivity index (χ1) is 12.9. The van der Waals surface area contributed by atoms with Crippen LogP contribution in [0.3, 0.4) is 0 Å². The maximum absolute atomic E-state index is 13.9. The smallest absolute Gasteiger partial charge is 0.256 e. The summed E-state index contributed by atoms with van der Waals surface area (Å²) < 4.78 is 27.6. The third kappa shape index (κ3) is 2.83. The van der Waals surface area contributed by atoms with Crippen LogP contribution in [0.5, 0.6) is 0 Å². The lowest BCUT2D eigenvalue weighted by molar-refractivity contribution is 0.0605. The van der Waals surface area contributed by atoms with E-state index in [-0.39, 0.29) is 17.4 Å². The predicted octanol–water partition coefficient (Wildman–Crippen LogP) is 2.78. The van der Waals surface area contributed by atoms with Crippen LogP contribution in [0.4, 0.5) is 14.5 Å². The van der Waals surface area contributed by atoms with Gasteiger partial charge in [-0.05, 0) is 30.3 Å². The summed E-state index contributed by atoms with van der Waals surface area (Å²) in [5.74, 6) is -1.57. The number of hydrogen-bond acceptors (Lipinski definition) is 3. The summed E-state index contributed by atoms with van der Waals surface area (Å²) in [6, 6.07) is 9.99. The molecule has 0 aromatic heterocycles. The number of benzene rings is 2. The second kappa shape index (κ2) is 6.33. The Morgan fingerprint density at radius 3 is 2.52 bits per heavy atom. The molecular formula is C20H19F2N3O2. The highest BCUT2D eigenvalue weighted by molar-refractivity contribution is 6.02. The molecule has 1 saturated heterocycles. The van der Waals surface area contributed by atoms with Crippen LogP contribution in [0.15, 0.2) is 42.5 Å². The van der Waals surface area contributed by atoms with E-state index in [1.807, 2.05) is 11.9 Å². The lowest BCUT2D eigenvalue weighted by Gasteiger charge is -2.51. The first-order valence-corrected chi connectivity index (χ1v) is 8.81. The Bertz CT molecular complexity index is 923. The summed E-state index contributed by atoms with van der Waals surface area (Å²) in [7, 11) is 1.81. The van der Waals surface area contributed by atoms with E-state index < -0.39 is 17.3 Å². The van der Waals surface area contributed by atoms with Gasteiger partial charge in [0.1, 0.15) is 17.3 Å². The number of carbonyl (C=O) groups is 2. The fraction of sp³-hybridized carbons (Fsp3) is 0.300. The Morgan fingerprint density at radius 1 is 1.11 bits per heavy atom. The first kappa shape index (κ1) is 17.5. The number of likely N-dealkylation sites (tertiary alicyclic amines) is 1. The van der Waals surface area contributed by atoms with Crippen LogP contribution in [-0.2, 0) is 0 Å². The minimum atomic E-state index is -0.691. The van der Waals surface area contributed by atoms with Crippen molar-refractivity contribution in [3.8, 4) is 0 Å². The molecule has 4 rings (SSSR count). The topological polar surface area (TPSA) is 52.7 Å². The van der Waals surface area contributed by atoms with Crippen molar-refractivity contribution in [1.29, 1.82) is 0 Å². The van der Waals surface area contributed by atoms with Gasteiger partial charge in [-0.15, -0.1) is 0 Å². The molecule has 7 heteroatoms. The molecule has 0 radical (unpaired) electrons. The summed E-state index contributed by atoms with van der Waals surface area (Å²) in [5, 5.41) is 3.02. The minimum Gasteiger partial charge on any atom is -0.351 e. The third-order valence-electron chi connectivity index (χ3n) is 5.54. The number of carbonyl (C=O) groups excluding carboxylic acids is 2. The fourth-order valence-corrected chi connectivity index (χ4v) is 3.91. The molecule has 0 saturated carbocycles. The molecule has 2 amide bonds. The van der Waals surface area contributed by atoms with E-state index in [9.17, 15) is 18.4 Å². The summed E-state index contributed by atoms with van der Waals surface area (Å²) in [5.41, 5.74) is 0.313. The molecule has 1 spiro atoms. The number of anilines is 1. The number of rotatable bonds is 1. The van der Waals surface area contributed by atoms with Gasteiger partial charge in [0.2, 0.25) is 0 Å². The van der Waals surface area contributed by atoms with E-state index in [0.29, 0.717) is 37.2 Å². The van der Waals surface area contributed by atoms with Crippen molar-refractivity contribution in [3.05, 3.63) is 65.2 Å². The van der Waals surface area contributed by atoms with Crippen LogP contribution >= 0.6 is 0 Å². The van der Waals surface area contributed by atoms with Crippen LogP contribution < -0.4 is 10.2 Å². The summed E-state index contributed by atoms with van der Waals surface area (Å²) >= 11 is 0. The van der Waals surface area contributed by atoms with Crippen molar-refractivity contribution >= 4 is 17.5 Å². The van der Waals surface area contributed by atoms with Gasteiger partial charge in [0, 0.05) is 33.0 Å². The standard InChI is InChI=1S/C20H19F2N3O2/c1-24-17-12-13(21)6-7-15(17)18(26)23-20(24)8-10-25(11-9-20)19(27)14-4-2-3-5-16(14)22/h2-7,12H,8-11H2,1H3,(H,23,26). The van der Waals surface area contributed by atoms with Crippen LogP contribution in [0.1, 0.15) is 33.6 Å². The van der Waals surface area contributed by atoms with Gasteiger partial charge in [-0.25, -0.2) is 8.78 Å². The number of halogens is 2. The molecule has 1 N–H and O–H groups in total. The molecule has 2 heterocycles. The third-order valence-corrected chi connectivity index (χ3v) is 5.54. The number of amides is 2. The number of hydrogen-bond donors (Lipinski definition) is 1. The van der Waals surface area contributed by atoms with E-state index in [4.69, 9.17) is 0 Å². The van der Waals surface area contributed by atoms with Crippen molar-refractivity contribution in [2.75, 3.05) is 25.0 Å². The zero-order valence-electron chi connectivity index (χ0n) is 14.8. The van der Waals surface area contributed by atoms with E-state index in [0.717, 1.165) is 0 Å². The molecule has 27 heavy (non-hydrogen) atoms. The zero-order chi connectivity index (χ0) is 19.2. The molecule has 5 nitrogen and oxygen atoms in total. The van der Waals surface area contributed by atoms with Crippen molar-refractivity contribution in [3.63, 3.8) is 0 Å². The predicted molar refractivity (Wildman–Crippen MR) is 96.5 cm³/mol. The van der Waals surface area contributed by atoms with Crippen molar-refractivity contribution < 1.29 is 18.4 Å². The molecule has 0 bridgehead atoms. The largest absolute Gasteiger partial charge is 0.351 e. The van der Waals surface area contributed by atoms with E-state index in [2.05, 4.69) is 5.32 Å². The SMILES string of the molecule is CN1c2cc(F)ccc2C(=O)NC12CCN(C(=O)c1ccccc1F)CC2. The lowest BCUT2D eigenvalue weighted by atomic mass is 9.90. The number of fused-ring (bicyclic) bond motifs is 1. The highest BCUT2D eigenvalue weighted by Crippen LogP contribution is 2.36. The Labute approximate surface area is 155 Å². The number of nitrogens with zero attached hydrogens (tertiary/aromatic N) is 2. The minimum absolute atomic E-state index is 0.0434. The highest BCUT2D eigenvalue weighted by Gasteiger charge is 2.45. The molecule has 2 aliphatic heterocycles. The number of piperidine rings is 1. The Kier molecular flexibility index (Phi) is 4.09. The fourth-order valence-electron chi connectivity index (χ4n) is 3.91. The number of nitrogens with one attached hydrogen (secondary N) is 1. The van der Waals surface area contributed by atoms with Gasteiger partial charge in [-0.2, -0.15) is 0 Å². The monoisotopic (exact) mass is 371 g/mol. The quantitative estimate of drug-likeness (QED) is 0.839. The molecule has 2 aliphatic rings. The second-order valence-corrected chi connectivity index (χ2v) is 6.98. The van der Waals surface area contributed by atoms with Crippen LogP contribution in [-0.4, -0.2) is 42.5 Å². The summed E-state index contributed by atoms with van der Waals surface area (Å²) in [6.45, 7) is 0.727. The molecule has 0 unspecified atom stereocenters. The Balaban J connectivity index is 1.56. The summed E-state index contributed by atoms with van der Waals surface area (Å²) in [6.07, 6.45) is 0.927. The zero-order valence-corrected chi connectivity index (χ0v) is 14.8. The van der Waals surface area contributed by atoms with Gasteiger partial charge >= 0.3 is 0 Å². The maximum atomic E-state index is 13.9. The lowest BCUT2D eigenvalue weighted by Crippen LogP contribution is -2.67. The van der Waals surface area contributed by atoms with E-state index >= 15 is 0 Å². The van der Waals surface area contributed by atoms with Gasteiger partial charge in [-0.3, -0.25) is 9.59 Å². The van der Waals surface area contributed by atoms with Crippen molar-refractivity contribution in [1.82, 2.24) is 10.2 Å². The molecule has 140 valence electrons. The Morgan fingerprint density at radius 2 is 1.81 bits per heavy atom. The van der Waals surface area contributed by atoms with Crippen molar-refractivity contribution in [2.24, 2.45) is 0 Å². The van der Waals surface area contributed by atoms with Gasteiger partial charge < -0.3 is 15.1 Å². The molecule has 1 fully saturated rings. The van der Waals surface area contributed by atoms with Gasteiger partial charge in [0.25, 0.3) is 11.8 Å². The summed E-state index contributed by atoms with van der Waals surface area (Å²) in [4.78, 5) is 28.6. The van der Waals surface area contributed by atoms with Gasteiger partial charge in [0.05, 0.1) is 16.8 Å². The molecule has 0 atom stereocenters.